The van der Waals surface area contributed by atoms with Gasteiger partial charge in [-0.15, -0.1) is 0 Å². The van der Waals surface area contributed by atoms with Gasteiger partial charge in [-0.3, -0.25) is 4.79 Å². The number of furan rings is 1. The largest absolute Gasteiger partial charge is 0.459 e. The molecular formula is C25H28N2O4S. The number of benzene rings is 2. The Kier molecular flexibility index (Phi) is 5.55. The van der Waals surface area contributed by atoms with Crippen molar-refractivity contribution < 1.29 is 17.6 Å². The van der Waals surface area contributed by atoms with Crippen molar-refractivity contribution in [3.05, 3.63) is 65.4 Å². The van der Waals surface area contributed by atoms with Gasteiger partial charge in [0, 0.05) is 24.4 Å². The van der Waals surface area contributed by atoms with Crippen LogP contribution in [0.2, 0.25) is 0 Å². The fraction of sp³-hybridized carbons (Fsp3) is 0.400. The van der Waals surface area contributed by atoms with Crippen LogP contribution in [0, 0.1) is 5.92 Å². The number of aryl methyl sites for hydroxylation is 2. The summed E-state index contributed by atoms with van der Waals surface area (Å²) >= 11 is 0. The van der Waals surface area contributed by atoms with E-state index in [1.54, 1.807) is 6.07 Å². The van der Waals surface area contributed by atoms with Crippen LogP contribution in [0.25, 0.3) is 11.0 Å². The van der Waals surface area contributed by atoms with Crippen molar-refractivity contribution in [1.82, 2.24) is 9.62 Å². The molecule has 3 aromatic rings. The Bertz CT molecular complexity index is 1220. The summed E-state index contributed by atoms with van der Waals surface area (Å²) in [6, 6.07) is 15.0. The smallest absolute Gasteiger partial charge is 0.243 e. The van der Waals surface area contributed by atoms with E-state index in [9.17, 15) is 13.2 Å². The van der Waals surface area contributed by atoms with Crippen LogP contribution >= 0.6 is 0 Å². The highest BCUT2D eigenvalue weighted by Gasteiger charge is 2.33. The van der Waals surface area contributed by atoms with Crippen LogP contribution in [0.1, 0.15) is 49.1 Å². The number of hydrogen-bond acceptors (Lipinski definition) is 4. The normalized spacial score (nSPS) is 18.5. The number of sulfonamides is 1. The summed E-state index contributed by atoms with van der Waals surface area (Å²) in [7, 11) is -3.53. The van der Waals surface area contributed by atoms with Gasteiger partial charge >= 0.3 is 0 Å². The second-order valence-electron chi connectivity index (χ2n) is 8.88. The molecule has 2 aliphatic rings. The maximum Gasteiger partial charge on any atom is 0.243 e. The van der Waals surface area contributed by atoms with Crippen LogP contribution in [0.5, 0.6) is 0 Å². The number of nitrogens with one attached hydrogen (secondary N) is 1. The zero-order valence-corrected chi connectivity index (χ0v) is 19.0. The predicted octanol–water partition coefficient (Wildman–Crippen LogP) is 4.20. The molecule has 7 heteroatoms. The Hall–Kier alpha value is -2.64. The summed E-state index contributed by atoms with van der Waals surface area (Å²) in [5, 5.41) is 4.05. The fourth-order valence-corrected chi connectivity index (χ4v) is 6.36. The van der Waals surface area contributed by atoms with E-state index >= 15 is 0 Å². The third-order valence-corrected chi connectivity index (χ3v) is 8.66. The molecule has 2 aromatic carbocycles. The van der Waals surface area contributed by atoms with Gasteiger partial charge in [-0.1, -0.05) is 24.3 Å². The zero-order chi connectivity index (χ0) is 22.3. The number of carbonyl (C=O) groups is 1. The molecule has 0 bridgehead atoms. The van der Waals surface area contributed by atoms with Crippen molar-refractivity contribution >= 4 is 26.9 Å². The second kappa shape index (κ2) is 8.37. The van der Waals surface area contributed by atoms with Gasteiger partial charge in [0.25, 0.3) is 0 Å². The van der Waals surface area contributed by atoms with Crippen LogP contribution in [-0.2, 0) is 27.7 Å². The third kappa shape index (κ3) is 3.95. The number of fused-ring (bicyclic) bond motifs is 2. The topological polar surface area (TPSA) is 79.6 Å². The van der Waals surface area contributed by atoms with Gasteiger partial charge in [0.1, 0.15) is 11.3 Å². The molecule has 1 aromatic heterocycles. The number of hydrogen-bond donors (Lipinski definition) is 1. The number of nitrogens with zero attached hydrogens (tertiary/aromatic N) is 1. The lowest BCUT2D eigenvalue weighted by Gasteiger charge is -2.31. The quantitative estimate of drug-likeness (QED) is 0.629. The van der Waals surface area contributed by atoms with Gasteiger partial charge in [0.2, 0.25) is 15.9 Å². The molecule has 2 heterocycles. The first-order chi connectivity index (χ1) is 15.4. The maximum absolute atomic E-state index is 13.1. The number of piperidine rings is 1. The number of para-hydroxylation sites is 1. The SMILES string of the molecule is CC(NC(=O)C1CCN(S(=O)(=O)c2ccc3c(c2)CCC3)CC1)c1cc2ccccc2o1. The summed E-state index contributed by atoms with van der Waals surface area (Å²) in [6.07, 6.45) is 4.10. The molecular weight excluding hydrogens is 424 g/mol. The first-order valence-corrected chi connectivity index (χ1v) is 12.8. The van der Waals surface area contributed by atoms with Crippen LogP contribution in [-0.4, -0.2) is 31.7 Å². The molecule has 1 aliphatic carbocycles. The lowest BCUT2D eigenvalue weighted by Crippen LogP contribution is -2.43. The van der Waals surface area contributed by atoms with E-state index in [0.29, 0.717) is 30.8 Å². The lowest BCUT2D eigenvalue weighted by atomic mass is 9.97. The molecule has 0 radical (unpaired) electrons. The van der Waals surface area contributed by atoms with E-state index in [-0.39, 0.29) is 17.9 Å². The van der Waals surface area contributed by atoms with Crippen molar-refractivity contribution in [2.24, 2.45) is 5.92 Å². The Balaban J connectivity index is 1.20. The maximum atomic E-state index is 13.1. The van der Waals surface area contributed by atoms with E-state index in [4.69, 9.17) is 4.42 Å². The van der Waals surface area contributed by atoms with Crippen LogP contribution in [0.15, 0.2) is 57.8 Å². The van der Waals surface area contributed by atoms with E-state index in [0.717, 1.165) is 41.6 Å². The number of amides is 1. The standard InChI is InChI=1S/C25H28N2O4S/c1-17(24-16-21-5-2-3-8-23(21)31-24)26-25(28)19-11-13-27(14-12-19)32(29,30)22-10-9-18-6-4-7-20(18)15-22/h2-3,5,8-10,15-17,19H,4,6-7,11-14H2,1H3,(H,26,28). The minimum Gasteiger partial charge on any atom is -0.459 e. The lowest BCUT2D eigenvalue weighted by molar-refractivity contribution is -0.126. The number of rotatable bonds is 5. The van der Waals surface area contributed by atoms with E-state index in [1.165, 1.54) is 9.87 Å². The molecule has 0 spiro atoms. The molecule has 1 atom stereocenters. The molecule has 1 amide bonds. The Morgan fingerprint density at radius 3 is 2.59 bits per heavy atom. The highest BCUT2D eigenvalue weighted by Crippen LogP contribution is 2.29. The van der Waals surface area contributed by atoms with E-state index in [1.807, 2.05) is 49.4 Å². The number of carbonyl (C=O) groups excluding carboxylic acids is 1. The van der Waals surface area contributed by atoms with Gasteiger partial charge in [-0.2, -0.15) is 4.31 Å². The van der Waals surface area contributed by atoms with Gasteiger partial charge in [-0.05, 0) is 74.4 Å². The van der Waals surface area contributed by atoms with Crippen molar-refractivity contribution in [2.75, 3.05) is 13.1 Å². The van der Waals surface area contributed by atoms with Crippen molar-refractivity contribution in [1.29, 1.82) is 0 Å². The van der Waals surface area contributed by atoms with Gasteiger partial charge in [0.05, 0.1) is 10.9 Å². The molecule has 1 aliphatic heterocycles. The molecule has 0 saturated carbocycles. The average Bonchev–Trinajstić information content (AvgIpc) is 3.45. The van der Waals surface area contributed by atoms with Crippen molar-refractivity contribution in [2.45, 2.75) is 50.0 Å². The molecule has 1 unspecified atom stereocenters. The minimum atomic E-state index is -3.53. The predicted molar refractivity (Wildman–Crippen MR) is 123 cm³/mol. The first-order valence-electron chi connectivity index (χ1n) is 11.3. The Labute approximate surface area is 188 Å². The van der Waals surface area contributed by atoms with E-state index in [2.05, 4.69) is 5.32 Å². The van der Waals surface area contributed by atoms with Gasteiger partial charge in [0.15, 0.2) is 0 Å². The van der Waals surface area contributed by atoms with E-state index < -0.39 is 10.0 Å². The highest BCUT2D eigenvalue weighted by atomic mass is 32.2. The monoisotopic (exact) mass is 452 g/mol. The summed E-state index contributed by atoms with van der Waals surface area (Å²) < 4.78 is 33.6. The summed E-state index contributed by atoms with van der Waals surface area (Å²) in [5.74, 6) is 0.469. The van der Waals surface area contributed by atoms with Crippen LogP contribution in [0.4, 0.5) is 0 Å². The molecule has 6 nitrogen and oxygen atoms in total. The molecule has 1 fully saturated rings. The van der Waals surface area contributed by atoms with Crippen LogP contribution < -0.4 is 5.32 Å². The van der Waals surface area contributed by atoms with Crippen molar-refractivity contribution in [3.63, 3.8) is 0 Å². The minimum absolute atomic E-state index is 0.0486. The van der Waals surface area contributed by atoms with Crippen LogP contribution in [0.3, 0.4) is 0 Å². The molecule has 168 valence electrons. The Morgan fingerprint density at radius 1 is 1.06 bits per heavy atom. The molecule has 32 heavy (non-hydrogen) atoms. The zero-order valence-electron chi connectivity index (χ0n) is 18.2. The van der Waals surface area contributed by atoms with Crippen molar-refractivity contribution in [3.8, 4) is 0 Å². The molecule has 1 saturated heterocycles. The third-order valence-electron chi connectivity index (χ3n) is 6.76. The summed E-state index contributed by atoms with van der Waals surface area (Å²) in [4.78, 5) is 13.2. The second-order valence-corrected chi connectivity index (χ2v) is 10.8. The average molecular weight is 453 g/mol. The fourth-order valence-electron chi connectivity index (χ4n) is 4.83. The first kappa shape index (κ1) is 21.2. The summed E-state index contributed by atoms with van der Waals surface area (Å²) in [5.41, 5.74) is 3.21. The molecule has 5 rings (SSSR count). The van der Waals surface area contributed by atoms with Gasteiger partial charge in [-0.25, -0.2) is 8.42 Å². The molecule has 1 N–H and O–H groups in total. The highest BCUT2D eigenvalue weighted by molar-refractivity contribution is 7.89. The van der Waals surface area contributed by atoms with Gasteiger partial charge < -0.3 is 9.73 Å². The Morgan fingerprint density at radius 2 is 1.81 bits per heavy atom. The summed E-state index contributed by atoms with van der Waals surface area (Å²) in [6.45, 7) is 2.62.